The fourth-order valence-electron chi connectivity index (χ4n) is 7.34. The number of allylic oxidation sites excluding steroid dienone is 1. The Morgan fingerprint density at radius 2 is 1.63 bits per heavy atom. The average molecular weight is 752 g/mol. The Kier molecular flexibility index (Phi) is 11.7. The number of carbonyl (C=O) groups excluding carboxylic acids is 2. The van der Waals surface area contributed by atoms with Crippen LogP contribution in [0.5, 0.6) is 11.5 Å². The van der Waals surface area contributed by atoms with E-state index in [2.05, 4.69) is 28.2 Å². The third kappa shape index (κ3) is 8.28. The van der Waals surface area contributed by atoms with Crippen LogP contribution in [0, 0.1) is 17.8 Å². The summed E-state index contributed by atoms with van der Waals surface area (Å²) in [6, 6.07) is 31.5. The van der Waals surface area contributed by atoms with E-state index >= 15 is 0 Å². The summed E-state index contributed by atoms with van der Waals surface area (Å²) in [7, 11) is 0. The number of nitrogens with zero attached hydrogens (tertiary/aromatic N) is 1. The minimum atomic E-state index is -0.992. The molecule has 0 saturated carbocycles. The lowest BCUT2D eigenvalue weighted by molar-refractivity contribution is -0.123. The summed E-state index contributed by atoms with van der Waals surface area (Å²) < 4.78 is 7.01. The van der Waals surface area contributed by atoms with Crippen LogP contribution in [0.1, 0.15) is 44.6 Å². The van der Waals surface area contributed by atoms with Crippen LogP contribution in [0.25, 0.3) is 6.08 Å². The zero-order valence-electron chi connectivity index (χ0n) is 28.5. The molecule has 9 heteroatoms. The van der Waals surface area contributed by atoms with Crippen molar-refractivity contribution in [1.29, 1.82) is 0 Å². The molecule has 4 aromatic rings. The molecule has 1 saturated heterocycles. The van der Waals surface area contributed by atoms with E-state index < -0.39 is 30.5 Å². The molecule has 1 fully saturated rings. The van der Waals surface area contributed by atoms with Gasteiger partial charge >= 0.3 is 0 Å². The summed E-state index contributed by atoms with van der Waals surface area (Å²) in [5.41, 5.74) is 5.24. The molecule has 1 aliphatic carbocycles. The second-order valence-corrected chi connectivity index (χ2v) is 14.1. The van der Waals surface area contributed by atoms with E-state index in [0.717, 1.165) is 39.8 Å². The molecule has 8 nitrogen and oxygen atoms in total. The number of amides is 2. The van der Waals surface area contributed by atoms with E-state index in [1.54, 1.807) is 24.3 Å². The number of para-hydroxylation sites is 2. The molecule has 0 spiro atoms. The number of fused-ring (bicyclic) bond motifs is 1. The molecule has 4 aromatic carbocycles. The third-order valence-corrected chi connectivity index (χ3v) is 10.2. The summed E-state index contributed by atoms with van der Waals surface area (Å²) in [4.78, 5) is 29.5. The van der Waals surface area contributed by atoms with Crippen molar-refractivity contribution in [3.05, 3.63) is 130 Å². The number of halogens is 1. The molecule has 0 radical (unpaired) electrons. The lowest BCUT2D eigenvalue weighted by atomic mass is 9.68. The highest BCUT2D eigenvalue weighted by molar-refractivity contribution is 9.10. The van der Waals surface area contributed by atoms with E-state index in [1.807, 2.05) is 84.9 Å². The molecule has 0 unspecified atom stereocenters. The van der Waals surface area contributed by atoms with Crippen LogP contribution < -0.4 is 15.0 Å². The lowest BCUT2D eigenvalue weighted by Gasteiger charge is -2.36. The largest absolute Gasteiger partial charge is 0.507 e. The van der Waals surface area contributed by atoms with Gasteiger partial charge in [0, 0.05) is 27.3 Å². The van der Waals surface area contributed by atoms with Gasteiger partial charge in [0.05, 0.1) is 30.2 Å². The van der Waals surface area contributed by atoms with E-state index in [9.17, 15) is 24.9 Å². The zero-order chi connectivity index (χ0) is 35.9. The van der Waals surface area contributed by atoms with Gasteiger partial charge in [-0.25, -0.2) is 0 Å². The Labute approximate surface area is 307 Å². The highest BCUT2D eigenvalue weighted by atomic mass is 79.9. The van der Waals surface area contributed by atoms with Crippen molar-refractivity contribution in [2.75, 3.05) is 23.4 Å². The van der Waals surface area contributed by atoms with E-state index in [4.69, 9.17) is 4.74 Å². The number of nitrogens with one attached hydrogen (secondary N) is 1. The van der Waals surface area contributed by atoms with Crippen molar-refractivity contribution in [1.82, 2.24) is 0 Å². The first-order valence-corrected chi connectivity index (χ1v) is 18.2. The van der Waals surface area contributed by atoms with Crippen molar-refractivity contribution in [2.24, 2.45) is 17.8 Å². The van der Waals surface area contributed by atoms with Crippen LogP contribution in [0.3, 0.4) is 0 Å². The normalized spacial score (nSPS) is 19.6. The molecule has 4 atom stereocenters. The van der Waals surface area contributed by atoms with Gasteiger partial charge in [-0.3, -0.25) is 14.5 Å². The standard InChI is InChI=1S/C42H43BrN2O6/c1-2-9-27(22-28-23-30(43)15-21-37(28)47)14-20-38(48)39-29(26-51-34-12-7-4-8-13-34)24-35-40(36(39)25-46)42(50)45(41(35)49)33-18-16-32(17-19-33)44-31-10-5-3-6-11-31/h3-8,10-13,15-19,21-23,35-36,38,40,44,46-48H,2,9,14,20,24-26H2,1H3/b27-22+/t35-,36+,38-,40-/m1/s1. The topological polar surface area (TPSA) is 119 Å². The summed E-state index contributed by atoms with van der Waals surface area (Å²) in [5.74, 6) is -2.16. The molecular formula is C42H43BrN2O6. The lowest BCUT2D eigenvalue weighted by Crippen LogP contribution is -2.40. The minimum absolute atomic E-state index is 0.112. The zero-order valence-corrected chi connectivity index (χ0v) is 30.1. The fourth-order valence-corrected chi connectivity index (χ4v) is 7.72. The Hall–Kier alpha value is -4.70. The number of ether oxygens (including phenoxy) is 1. The molecule has 264 valence electrons. The number of benzene rings is 4. The van der Waals surface area contributed by atoms with Crippen molar-refractivity contribution in [3.8, 4) is 11.5 Å². The van der Waals surface area contributed by atoms with Crippen LogP contribution in [-0.4, -0.2) is 46.5 Å². The molecule has 2 amide bonds. The second-order valence-electron chi connectivity index (χ2n) is 13.1. The number of rotatable bonds is 14. The minimum Gasteiger partial charge on any atom is -0.507 e. The molecule has 0 bridgehead atoms. The van der Waals surface area contributed by atoms with Gasteiger partial charge < -0.3 is 25.4 Å². The van der Waals surface area contributed by atoms with Crippen LogP contribution >= 0.6 is 15.9 Å². The Bertz CT molecular complexity index is 1890. The van der Waals surface area contributed by atoms with E-state index in [1.165, 1.54) is 4.90 Å². The summed E-state index contributed by atoms with van der Waals surface area (Å²) in [6.45, 7) is 1.79. The number of hydrogen-bond acceptors (Lipinski definition) is 7. The number of phenolic OH excluding ortho intramolecular Hbond substituents is 1. The monoisotopic (exact) mass is 750 g/mol. The van der Waals surface area contributed by atoms with Crippen LogP contribution in [0.2, 0.25) is 0 Å². The predicted molar refractivity (Wildman–Crippen MR) is 204 cm³/mol. The molecule has 51 heavy (non-hydrogen) atoms. The maximum Gasteiger partial charge on any atom is 0.238 e. The maximum absolute atomic E-state index is 14.2. The number of phenols is 1. The quantitative estimate of drug-likeness (QED) is 0.0755. The predicted octanol–water partition coefficient (Wildman–Crippen LogP) is 8.42. The number of anilines is 3. The average Bonchev–Trinajstić information content (AvgIpc) is 3.40. The number of hydrogen-bond donors (Lipinski definition) is 4. The van der Waals surface area contributed by atoms with Crippen LogP contribution in [0.4, 0.5) is 17.1 Å². The van der Waals surface area contributed by atoms with Gasteiger partial charge in [0.1, 0.15) is 18.1 Å². The van der Waals surface area contributed by atoms with Crippen molar-refractivity contribution >= 4 is 50.9 Å². The maximum atomic E-state index is 14.2. The SMILES string of the molecule is CCC/C(=C\c1cc(Br)ccc1O)CC[C@@H](O)C1=C(COc2ccccc2)C[C@H]2C(=O)N(c3ccc(Nc4ccccc4)cc3)C(=O)[C@H]2[C@H]1CO. The molecule has 0 aromatic heterocycles. The first-order chi connectivity index (χ1) is 24.8. The molecule has 1 heterocycles. The fraction of sp³-hybridized carbons (Fsp3) is 0.286. The van der Waals surface area contributed by atoms with Gasteiger partial charge in [-0.1, -0.05) is 77.3 Å². The highest BCUT2D eigenvalue weighted by Crippen LogP contribution is 2.47. The van der Waals surface area contributed by atoms with Crippen molar-refractivity contribution < 1.29 is 29.6 Å². The Morgan fingerprint density at radius 1 is 0.941 bits per heavy atom. The molecule has 6 rings (SSSR count). The summed E-state index contributed by atoms with van der Waals surface area (Å²) >= 11 is 3.48. The molecular weight excluding hydrogens is 708 g/mol. The van der Waals surface area contributed by atoms with Gasteiger partial charge in [0.2, 0.25) is 11.8 Å². The summed E-state index contributed by atoms with van der Waals surface area (Å²) in [5, 5.41) is 36.6. The van der Waals surface area contributed by atoms with Gasteiger partial charge in [-0.15, -0.1) is 0 Å². The number of aliphatic hydroxyl groups is 2. The molecule has 1 aliphatic heterocycles. The first kappa shape index (κ1) is 36.1. The van der Waals surface area contributed by atoms with Crippen molar-refractivity contribution in [3.63, 3.8) is 0 Å². The van der Waals surface area contributed by atoms with Crippen LogP contribution in [-0.2, 0) is 9.59 Å². The van der Waals surface area contributed by atoms with Gasteiger partial charge in [-0.05, 0) is 104 Å². The van der Waals surface area contributed by atoms with Gasteiger partial charge in [0.25, 0.3) is 0 Å². The Morgan fingerprint density at radius 3 is 2.31 bits per heavy atom. The first-order valence-electron chi connectivity index (χ1n) is 17.4. The second kappa shape index (κ2) is 16.5. The highest BCUT2D eigenvalue weighted by Gasteiger charge is 2.55. The number of aromatic hydroxyl groups is 1. The van der Waals surface area contributed by atoms with Gasteiger partial charge in [-0.2, -0.15) is 0 Å². The van der Waals surface area contributed by atoms with Crippen LogP contribution in [0.15, 0.2) is 124 Å². The number of imide groups is 1. The smallest absolute Gasteiger partial charge is 0.238 e. The third-order valence-electron chi connectivity index (χ3n) is 9.74. The molecule has 2 aliphatic rings. The number of aliphatic hydroxyl groups excluding tert-OH is 2. The van der Waals surface area contributed by atoms with E-state index in [-0.39, 0.29) is 30.6 Å². The number of carbonyl (C=O) groups is 2. The van der Waals surface area contributed by atoms with E-state index in [0.29, 0.717) is 35.4 Å². The van der Waals surface area contributed by atoms with Crippen molar-refractivity contribution in [2.45, 2.75) is 45.1 Å². The van der Waals surface area contributed by atoms with Gasteiger partial charge in [0.15, 0.2) is 0 Å². The molecule has 4 N–H and O–H groups in total. The summed E-state index contributed by atoms with van der Waals surface area (Å²) in [6.07, 6.45) is 3.73. The Balaban J connectivity index is 1.27.